The number of rotatable bonds is 0. The van der Waals surface area contributed by atoms with E-state index in [-0.39, 0.29) is 5.88 Å². The Kier molecular flexibility index (Phi) is 1.07. The highest BCUT2D eigenvalue weighted by Crippen LogP contribution is 2.19. The minimum Gasteiger partial charge on any atom is -0.494 e. The molecule has 0 fully saturated rings. The summed E-state index contributed by atoms with van der Waals surface area (Å²) >= 11 is 0. The zero-order chi connectivity index (χ0) is 7.84. The van der Waals surface area contributed by atoms with Crippen LogP contribution in [-0.4, -0.2) is 20.3 Å². The van der Waals surface area contributed by atoms with Crippen LogP contribution in [0.5, 0.6) is 0 Å². The van der Waals surface area contributed by atoms with E-state index in [0.29, 0.717) is 5.82 Å². The first kappa shape index (κ1) is 6.11. The van der Waals surface area contributed by atoms with Crippen molar-refractivity contribution in [1.29, 1.82) is 0 Å². The Morgan fingerprint density at radius 1 is 1.36 bits per heavy atom. The fourth-order valence-corrected chi connectivity index (χ4v) is 0.963. The van der Waals surface area contributed by atoms with E-state index in [0.717, 1.165) is 5.06 Å². The van der Waals surface area contributed by atoms with Gasteiger partial charge in [0.2, 0.25) is 5.88 Å². The summed E-state index contributed by atoms with van der Waals surface area (Å²) in [5.74, 6) is 0.608. The molecule has 2 heterocycles. The summed E-state index contributed by atoms with van der Waals surface area (Å²) in [5.41, 5.74) is 0. The van der Waals surface area contributed by atoms with Crippen molar-refractivity contribution in [3.05, 3.63) is 36.5 Å². The molecule has 0 aromatic carbocycles. The van der Waals surface area contributed by atoms with Crippen LogP contribution in [0, 0.1) is 0 Å². The summed E-state index contributed by atoms with van der Waals surface area (Å²) in [5, 5.41) is 21.6. The number of hydrogen-bond donors (Lipinski definition) is 3. The molecule has 11 heavy (non-hydrogen) atoms. The Balaban J connectivity index is 2.29. The Bertz CT molecular complexity index is 269. The molecule has 0 atom stereocenters. The molecule has 2 rings (SSSR count). The highest BCUT2D eigenvalue weighted by Gasteiger charge is 2.19. The second-order valence-corrected chi connectivity index (χ2v) is 2.21. The van der Waals surface area contributed by atoms with E-state index in [4.69, 9.17) is 10.3 Å². The number of nitrogens with zero attached hydrogens (tertiary/aromatic N) is 2. The quantitative estimate of drug-likeness (QED) is 0.465. The summed E-state index contributed by atoms with van der Waals surface area (Å²) < 4.78 is 0. The first-order chi connectivity index (χ1) is 5.27. The van der Waals surface area contributed by atoms with E-state index in [2.05, 4.69) is 5.32 Å². The minimum atomic E-state index is 0.0497. The summed E-state index contributed by atoms with van der Waals surface area (Å²) in [6.45, 7) is 0. The molecule has 0 amide bonds. The number of fused-ring (bicyclic) bond motifs is 1. The second kappa shape index (κ2) is 1.93. The topological polar surface area (TPSA) is 59.0 Å². The number of nitrogens with one attached hydrogen (secondary N) is 1. The van der Waals surface area contributed by atoms with Gasteiger partial charge in [-0.25, -0.2) is 5.06 Å². The molecule has 0 aromatic rings. The molecule has 0 saturated heterocycles. The molecule has 5 heteroatoms. The van der Waals surface area contributed by atoms with Crippen molar-refractivity contribution < 1.29 is 10.3 Å². The van der Waals surface area contributed by atoms with Gasteiger partial charge in [0.25, 0.3) is 0 Å². The van der Waals surface area contributed by atoms with Gasteiger partial charge in [0, 0.05) is 12.4 Å². The van der Waals surface area contributed by atoms with Gasteiger partial charge in [-0.15, -0.1) is 0 Å². The van der Waals surface area contributed by atoms with Gasteiger partial charge in [0.15, 0.2) is 5.82 Å². The molecule has 0 saturated carbocycles. The molecule has 0 aliphatic carbocycles. The Hall–Kier alpha value is -1.62. The lowest BCUT2D eigenvalue weighted by atomic mass is 10.5. The molecule has 2 aliphatic rings. The van der Waals surface area contributed by atoms with Crippen LogP contribution in [0.2, 0.25) is 0 Å². The van der Waals surface area contributed by atoms with E-state index in [1.807, 2.05) is 0 Å². The predicted molar refractivity (Wildman–Crippen MR) is 36.5 cm³/mol. The van der Waals surface area contributed by atoms with Crippen molar-refractivity contribution in [2.24, 2.45) is 0 Å². The van der Waals surface area contributed by atoms with Crippen LogP contribution in [0.25, 0.3) is 0 Å². The molecule has 5 nitrogen and oxygen atoms in total. The van der Waals surface area contributed by atoms with Crippen LogP contribution in [0.3, 0.4) is 0 Å². The van der Waals surface area contributed by atoms with Crippen LogP contribution >= 0.6 is 0 Å². The van der Waals surface area contributed by atoms with Crippen LogP contribution in [0.15, 0.2) is 36.5 Å². The van der Waals surface area contributed by atoms with Crippen molar-refractivity contribution in [1.82, 2.24) is 15.3 Å². The van der Waals surface area contributed by atoms with E-state index < -0.39 is 0 Å². The van der Waals surface area contributed by atoms with Gasteiger partial charge in [0.05, 0.1) is 12.4 Å². The monoisotopic (exact) mass is 153 g/mol. The van der Waals surface area contributed by atoms with Gasteiger partial charge in [-0.2, -0.15) is 0 Å². The van der Waals surface area contributed by atoms with Crippen LogP contribution in [0.4, 0.5) is 0 Å². The maximum absolute atomic E-state index is 9.10. The van der Waals surface area contributed by atoms with Crippen molar-refractivity contribution in [2.75, 3.05) is 0 Å². The van der Waals surface area contributed by atoms with Crippen molar-refractivity contribution >= 4 is 0 Å². The zero-order valence-corrected chi connectivity index (χ0v) is 5.60. The highest BCUT2D eigenvalue weighted by atomic mass is 16.5. The minimum absolute atomic E-state index is 0.0497. The van der Waals surface area contributed by atoms with Crippen LogP contribution < -0.4 is 5.32 Å². The Labute approximate surface area is 63.1 Å². The Morgan fingerprint density at radius 3 is 3.00 bits per heavy atom. The molecule has 0 radical (unpaired) electrons. The average molecular weight is 153 g/mol. The standard InChI is InChI=1S/C6H7N3O2/c10-5-4-8-1-2-9(11)6(8)3-7-5/h1-4,7,10-11H. The number of aliphatic hydroxyl groups is 1. The van der Waals surface area contributed by atoms with E-state index in [1.165, 1.54) is 18.6 Å². The molecule has 0 aromatic heterocycles. The lowest BCUT2D eigenvalue weighted by Gasteiger charge is -2.20. The molecule has 2 aliphatic heterocycles. The van der Waals surface area contributed by atoms with Crippen molar-refractivity contribution in [2.45, 2.75) is 0 Å². The summed E-state index contributed by atoms with van der Waals surface area (Å²) in [6, 6.07) is 0. The molecular weight excluding hydrogens is 146 g/mol. The number of aliphatic hydroxyl groups excluding tert-OH is 1. The summed E-state index contributed by atoms with van der Waals surface area (Å²) in [4.78, 5) is 1.59. The summed E-state index contributed by atoms with van der Waals surface area (Å²) in [6.07, 6.45) is 6.06. The lowest BCUT2D eigenvalue weighted by Crippen LogP contribution is -2.25. The smallest absolute Gasteiger partial charge is 0.205 e. The van der Waals surface area contributed by atoms with Gasteiger partial charge in [-0.05, 0) is 0 Å². The van der Waals surface area contributed by atoms with E-state index in [9.17, 15) is 0 Å². The number of hydrogen-bond acceptors (Lipinski definition) is 5. The van der Waals surface area contributed by atoms with Gasteiger partial charge >= 0.3 is 0 Å². The molecule has 58 valence electrons. The SMILES string of the molecule is OC1=CN2C=CN(O)C2=CN1. The number of hydroxylamine groups is 2. The van der Waals surface area contributed by atoms with Crippen molar-refractivity contribution in [3.8, 4) is 0 Å². The van der Waals surface area contributed by atoms with Gasteiger partial charge in [0.1, 0.15) is 0 Å². The molecule has 0 bridgehead atoms. The van der Waals surface area contributed by atoms with Gasteiger partial charge < -0.3 is 15.3 Å². The normalized spacial score (nSPS) is 20.8. The van der Waals surface area contributed by atoms with Crippen LogP contribution in [-0.2, 0) is 0 Å². The average Bonchev–Trinajstić information content (AvgIpc) is 2.32. The third-order valence-corrected chi connectivity index (χ3v) is 1.48. The summed E-state index contributed by atoms with van der Waals surface area (Å²) in [7, 11) is 0. The third kappa shape index (κ3) is 0.821. The Morgan fingerprint density at radius 2 is 2.18 bits per heavy atom. The van der Waals surface area contributed by atoms with Gasteiger partial charge in [-0.3, -0.25) is 5.21 Å². The van der Waals surface area contributed by atoms with Gasteiger partial charge in [-0.1, -0.05) is 0 Å². The van der Waals surface area contributed by atoms with E-state index in [1.54, 1.807) is 11.1 Å². The predicted octanol–water partition coefficient (Wildman–Crippen LogP) is 0.223. The first-order valence-electron chi connectivity index (χ1n) is 3.09. The highest BCUT2D eigenvalue weighted by molar-refractivity contribution is 5.20. The van der Waals surface area contributed by atoms with Crippen molar-refractivity contribution in [3.63, 3.8) is 0 Å². The second-order valence-electron chi connectivity index (χ2n) is 2.21. The molecule has 0 unspecified atom stereocenters. The lowest BCUT2D eigenvalue weighted by molar-refractivity contribution is -0.0119. The maximum Gasteiger partial charge on any atom is 0.205 e. The first-order valence-corrected chi connectivity index (χ1v) is 3.09. The zero-order valence-electron chi connectivity index (χ0n) is 5.60. The third-order valence-electron chi connectivity index (χ3n) is 1.48. The van der Waals surface area contributed by atoms with E-state index >= 15 is 0 Å². The molecule has 0 spiro atoms. The van der Waals surface area contributed by atoms with Crippen LogP contribution in [0.1, 0.15) is 0 Å². The fraction of sp³-hybridized carbons (Fsp3) is 0. The maximum atomic E-state index is 9.10. The largest absolute Gasteiger partial charge is 0.494 e. The molecule has 3 N–H and O–H groups in total. The fourth-order valence-electron chi connectivity index (χ4n) is 0.963. The molecular formula is C6H7N3O2.